The molecule has 1 fully saturated rings. The van der Waals surface area contributed by atoms with Crippen molar-refractivity contribution in [2.45, 2.75) is 26.2 Å². The fraction of sp³-hybridized carbons (Fsp3) is 0.462. The molecule has 3 nitrogen and oxygen atoms in total. The third kappa shape index (κ3) is 2.73. The number of halogens is 2. The van der Waals surface area contributed by atoms with Crippen LogP contribution in [0, 0.1) is 5.41 Å². The van der Waals surface area contributed by atoms with Crippen molar-refractivity contribution in [3.05, 3.63) is 27.7 Å². The summed E-state index contributed by atoms with van der Waals surface area (Å²) in [5, 5.41) is 3.51. The summed E-state index contributed by atoms with van der Waals surface area (Å²) >= 11 is 11.7. The Morgan fingerprint density at radius 3 is 2.61 bits per heavy atom. The maximum absolute atomic E-state index is 12.0. The Bertz CT molecular complexity index is 461. The van der Waals surface area contributed by atoms with Gasteiger partial charge in [0.1, 0.15) is 0 Å². The molecule has 0 heterocycles. The summed E-state index contributed by atoms with van der Waals surface area (Å²) in [6.45, 7) is 2.87. The van der Waals surface area contributed by atoms with E-state index in [1.54, 1.807) is 12.1 Å². The van der Waals surface area contributed by atoms with Crippen molar-refractivity contribution in [3.8, 4) is 0 Å². The number of nitrogens with two attached hydrogens (primary N) is 1. The van der Waals surface area contributed by atoms with Gasteiger partial charge in [-0.3, -0.25) is 4.79 Å². The molecule has 18 heavy (non-hydrogen) atoms. The second-order valence-corrected chi connectivity index (χ2v) is 5.99. The van der Waals surface area contributed by atoms with E-state index in [4.69, 9.17) is 28.9 Å². The molecule has 1 saturated carbocycles. The largest absolute Gasteiger partial charge is 0.397 e. The van der Waals surface area contributed by atoms with Crippen LogP contribution in [0.4, 0.5) is 5.69 Å². The summed E-state index contributed by atoms with van der Waals surface area (Å²) in [4.78, 5) is 12.0. The maximum Gasteiger partial charge on any atom is 0.251 e. The van der Waals surface area contributed by atoms with Crippen molar-refractivity contribution < 1.29 is 4.79 Å². The van der Waals surface area contributed by atoms with Crippen molar-refractivity contribution in [1.82, 2.24) is 5.32 Å². The molecule has 0 spiro atoms. The smallest absolute Gasteiger partial charge is 0.251 e. The van der Waals surface area contributed by atoms with Crippen LogP contribution in [-0.4, -0.2) is 12.5 Å². The number of nitrogens with one attached hydrogen (secondary N) is 1. The lowest BCUT2D eigenvalue weighted by atomic mass is 9.70. The Balaban J connectivity index is 2.05. The zero-order valence-electron chi connectivity index (χ0n) is 10.2. The molecule has 0 bridgehead atoms. The molecular formula is C13H16Cl2N2O. The quantitative estimate of drug-likeness (QED) is 0.836. The van der Waals surface area contributed by atoms with E-state index in [0.29, 0.717) is 27.8 Å². The first-order chi connectivity index (χ1) is 8.41. The Labute approximate surface area is 117 Å². The average Bonchev–Trinajstić information content (AvgIpc) is 2.30. The van der Waals surface area contributed by atoms with Crippen molar-refractivity contribution >= 4 is 34.8 Å². The van der Waals surface area contributed by atoms with E-state index < -0.39 is 0 Å². The van der Waals surface area contributed by atoms with Crippen molar-refractivity contribution in [2.24, 2.45) is 5.41 Å². The average molecular weight is 287 g/mol. The van der Waals surface area contributed by atoms with Crippen LogP contribution in [0.15, 0.2) is 12.1 Å². The molecule has 0 aliphatic heterocycles. The number of carbonyl (C=O) groups is 1. The van der Waals surface area contributed by atoms with E-state index in [1.165, 1.54) is 6.42 Å². The lowest BCUT2D eigenvalue weighted by Crippen LogP contribution is -2.39. The van der Waals surface area contributed by atoms with E-state index in [2.05, 4.69) is 12.2 Å². The van der Waals surface area contributed by atoms with Gasteiger partial charge in [0.2, 0.25) is 0 Å². The normalized spacial score (nSPS) is 17.1. The summed E-state index contributed by atoms with van der Waals surface area (Å²) in [6, 6.07) is 3.09. The second-order valence-electron chi connectivity index (χ2n) is 5.21. The van der Waals surface area contributed by atoms with E-state index in [1.807, 2.05) is 0 Å². The van der Waals surface area contributed by atoms with Gasteiger partial charge in [-0.05, 0) is 30.4 Å². The van der Waals surface area contributed by atoms with Gasteiger partial charge in [-0.2, -0.15) is 0 Å². The molecule has 98 valence electrons. The van der Waals surface area contributed by atoms with Crippen molar-refractivity contribution in [3.63, 3.8) is 0 Å². The highest BCUT2D eigenvalue weighted by Crippen LogP contribution is 2.39. The van der Waals surface area contributed by atoms with Gasteiger partial charge >= 0.3 is 0 Å². The number of hydrogen-bond acceptors (Lipinski definition) is 2. The fourth-order valence-corrected chi connectivity index (χ4v) is 2.43. The van der Waals surface area contributed by atoms with Gasteiger partial charge in [0, 0.05) is 12.1 Å². The highest BCUT2D eigenvalue weighted by Gasteiger charge is 2.31. The summed E-state index contributed by atoms with van der Waals surface area (Å²) in [5.41, 5.74) is 6.70. The monoisotopic (exact) mass is 286 g/mol. The molecule has 5 heteroatoms. The predicted molar refractivity (Wildman–Crippen MR) is 75.2 cm³/mol. The second kappa shape index (κ2) is 4.98. The van der Waals surface area contributed by atoms with Gasteiger partial charge in [0.05, 0.1) is 15.7 Å². The van der Waals surface area contributed by atoms with Crippen LogP contribution in [0.3, 0.4) is 0 Å². The Kier molecular flexibility index (Phi) is 3.74. The third-order valence-corrected chi connectivity index (χ3v) is 4.37. The van der Waals surface area contributed by atoms with E-state index in [-0.39, 0.29) is 11.3 Å². The number of rotatable bonds is 3. The van der Waals surface area contributed by atoms with Gasteiger partial charge in [0.25, 0.3) is 5.91 Å². The molecule has 0 atom stereocenters. The summed E-state index contributed by atoms with van der Waals surface area (Å²) in [5.74, 6) is -0.159. The molecular weight excluding hydrogens is 271 g/mol. The minimum absolute atomic E-state index is 0.159. The van der Waals surface area contributed by atoms with Gasteiger partial charge in [-0.25, -0.2) is 0 Å². The van der Waals surface area contributed by atoms with Crippen LogP contribution in [0.2, 0.25) is 10.0 Å². The van der Waals surface area contributed by atoms with Crippen LogP contribution in [0.5, 0.6) is 0 Å². The molecule has 0 saturated heterocycles. The zero-order valence-corrected chi connectivity index (χ0v) is 11.7. The fourth-order valence-electron chi connectivity index (χ4n) is 2.09. The highest BCUT2D eigenvalue weighted by atomic mass is 35.5. The van der Waals surface area contributed by atoms with Crippen LogP contribution in [0.25, 0.3) is 0 Å². The van der Waals surface area contributed by atoms with Gasteiger partial charge < -0.3 is 11.1 Å². The van der Waals surface area contributed by atoms with Crippen LogP contribution < -0.4 is 11.1 Å². The van der Waals surface area contributed by atoms with Gasteiger partial charge in [-0.1, -0.05) is 36.5 Å². The first-order valence-electron chi connectivity index (χ1n) is 5.94. The predicted octanol–water partition coefficient (Wildman–Crippen LogP) is 3.50. The number of anilines is 1. The van der Waals surface area contributed by atoms with Crippen LogP contribution in [-0.2, 0) is 0 Å². The molecule has 0 aromatic heterocycles. The summed E-state index contributed by atoms with van der Waals surface area (Å²) in [6.07, 6.45) is 3.57. The van der Waals surface area contributed by atoms with Crippen LogP contribution >= 0.6 is 23.2 Å². The Hall–Kier alpha value is -0.930. The first kappa shape index (κ1) is 13.5. The van der Waals surface area contributed by atoms with E-state index in [9.17, 15) is 4.79 Å². The molecule has 1 aliphatic carbocycles. The summed E-state index contributed by atoms with van der Waals surface area (Å²) < 4.78 is 0. The zero-order chi connectivity index (χ0) is 13.3. The third-order valence-electron chi connectivity index (χ3n) is 3.55. The maximum atomic E-state index is 12.0. The standard InChI is InChI=1S/C13H16Cl2N2O/c1-13(3-2-4-13)7-17-12(18)8-5-9(14)11(15)10(16)6-8/h5-6H,2-4,7,16H2,1H3,(H,17,18). The number of benzene rings is 1. The van der Waals surface area contributed by atoms with Gasteiger partial charge in [0.15, 0.2) is 0 Å². The van der Waals surface area contributed by atoms with Gasteiger partial charge in [-0.15, -0.1) is 0 Å². The molecule has 1 aliphatic rings. The van der Waals surface area contributed by atoms with E-state index >= 15 is 0 Å². The number of amides is 1. The first-order valence-corrected chi connectivity index (χ1v) is 6.70. The van der Waals surface area contributed by atoms with Crippen molar-refractivity contribution in [2.75, 3.05) is 12.3 Å². The lowest BCUT2D eigenvalue weighted by Gasteiger charge is -2.38. The number of nitrogen functional groups attached to an aromatic ring is 1. The number of carbonyl (C=O) groups excluding carboxylic acids is 1. The van der Waals surface area contributed by atoms with E-state index in [0.717, 1.165) is 12.8 Å². The topological polar surface area (TPSA) is 55.1 Å². The highest BCUT2D eigenvalue weighted by molar-refractivity contribution is 6.43. The Morgan fingerprint density at radius 1 is 1.44 bits per heavy atom. The SMILES string of the molecule is CC1(CNC(=O)c2cc(N)c(Cl)c(Cl)c2)CCC1. The number of hydrogen-bond donors (Lipinski definition) is 2. The molecule has 1 aromatic carbocycles. The van der Waals surface area contributed by atoms with Crippen LogP contribution in [0.1, 0.15) is 36.5 Å². The molecule has 1 amide bonds. The molecule has 0 radical (unpaired) electrons. The summed E-state index contributed by atoms with van der Waals surface area (Å²) in [7, 11) is 0. The molecule has 3 N–H and O–H groups in total. The molecule has 2 rings (SSSR count). The van der Waals surface area contributed by atoms with Crippen molar-refractivity contribution in [1.29, 1.82) is 0 Å². The molecule has 1 aromatic rings. The molecule has 0 unspecified atom stereocenters. The Morgan fingerprint density at radius 2 is 2.11 bits per heavy atom. The lowest BCUT2D eigenvalue weighted by molar-refractivity contribution is 0.0891. The minimum atomic E-state index is -0.159. The minimum Gasteiger partial charge on any atom is -0.397 e.